The lowest BCUT2D eigenvalue weighted by Crippen LogP contribution is -2.24. The first-order chi connectivity index (χ1) is 12.2. The van der Waals surface area contributed by atoms with Gasteiger partial charge in [0.1, 0.15) is 5.75 Å². The summed E-state index contributed by atoms with van der Waals surface area (Å²) in [5.74, 6) is 1.79. The smallest absolute Gasteiger partial charge is 0.257 e. The van der Waals surface area contributed by atoms with E-state index in [1.165, 1.54) is 0 Å². The summed E-state index contributed by atoms with van der Waals surface area (Å²) in [6.07, 6.45) is 0.385. The van der Waals surface area contributed by atoms with Crippen molar-refractivity contribution in [3.63, 3.8) is 0 Å². The van der Waals surface area contributed by atoms with Gasteiger partial charge in [-0.2, -0.15) is 4.98 Å². The number of benzene rings is 2. The first-order valence-corrected chi connectivity index (χ1v) is 8.08. The van der Waals surface area contributed by atoms with Gasteiger partial charge in [-0.15, -0.1) is 0 Å². The van der Waals surface area contributed by atoms with Crippen molar-refractivity contribution in [3.05, 3.63) is 60.4 Å². The highest BCUT2D eigenvalue weighted by atomic mass is 16.5. The Balaban J connectivity index is 1.53. The average Bonchev–Trinajstić information content (AvgIpc) is 3.29. The molecule has 6 nitrogen and oxygen atoms in total. The first kappa shape index (κ1) is 15.4. The topological polar surface area (TPSA) is 68.5 Å². The third-order valence-electron chi connectivity index (χ3n) is 4.34. The van der Waals surface area contributed by atoms with Crippen molar-refractivity contribution in [2.75, 3.05) is 18.6 Å². The van der Waals surface area contributed by atoms with Crippen LogP contribution in [-0.4, -0.2) is 29.7 Å². The average molecular weight is 335 g/mol. The molecule has 25 heavy (non-hydrogen) atoms. The predicted molar refractivity (Wildman–Crippen MR) is 92.4 cm³/mol. The standard InChI is InChI=1S/C19H17N3O3/c1-24-16-9-7-13(8-10-16)19-20-18(21-25-19)14-11-17(23)22(12-14)15-5-3-2-4-6-15/h2-10,14H,11-12H2,1H3/t14-/m1/s1. The zero-order chi connectivity index (χ0) is 17.2. The molecule has 0 bridgehead atoms. The van der Waals surface area contributed by atoms with Crippen LogP contribution in [0.15, 0.2) is 59.1 Å². The number of amides is 1. The first-order valence-electron chi connectivity index (χ1n) is 8.08. The molecule has 3 aromatic rings. The summed E-state index contributed by atoms with van der Waals surface area (Å²) in [6.45, 7) is 0.560. The molecule has 1 aliphatic heterocycles. The highest BCUT2D eigenvalue weighted by Crippen LogP contribution is 2.31. The van der Waals surface area contributed by atoms with Gasteiger partial charge in [0.25, 0.3) is 5.89 Å². The highest BCUT2D eigenvalue weighted by molar-refractivity contribution is 5.96. The second-order valence-electron chi connectivity index (χ2n) is 5.93. The van der Waals surface area contributed by atoms with Gasteiger partial charge in [0, 0.05) is 30.1 Å². The van der Waals surface area contributed by atoms with E-state index in [9.17, 15) is 4.79 Å². The molecule has 2 heterocycles. The van der Waals surface area contributed by atoms with Gasteiger partial charge in [-0.3, -0.25) is 4.79 Å². The van der Waals surface area contributed by atoms with Gasteiger partial charge in [0.2, 0.25) is 5.91 Å². The molecule has 1 aromatic heterocycles. The quantitative estimate of drug-likeness (QED) is 0.732. The van der Waals surface area contributed by atoms with Gasteiger partial charge in [0.15, 0.2) is 5.82 Å². The lowest BCUT2D eigenvalue weighted by Gasteiger charge is -2.15. The molecule has 6 heteroatoms. The van der Waals surface area contributed by atoms with Crippen LogP contribution in [0.3, 0.4) is 0 Å². The van der Waals surface area contributed by atoms with Crippen LogP contribution in [0.4, 0.5) is 5.69 Å². The number of methoxy groups -OCH3 is 1. The number of aromatic nitrogens is 2. The Morgan fingerprint density at radius 3 is 2.60 bits per heavy atom. The lowest BCUT2D eigenvalue weighted by molar-refractivity contribution is -0.117. The molecule has 0 N–H and O–H groups in total. The maximum atomic E-state index is 12.3. The van der Waals surface area contributed by atoms with Crippen molar-refractivity contribution in [1.29, 1.82) is 0 Å². The van der Waals surface area contributed by atoms with Gasteiger partial charge in [-0.1, -0.05) is 23.4 Å². The fourth-order valence-corrected chi connectivity index (χ4v) is 2.99. The van der Waals surface area contributed by atoms with Gasteiger partial charge in [0.05, 0.1) is 7.11 Å². The number of para-hydroxylation sites is 1. The fraction of sp³-hybridized carbons (Fsp3) is 0.211. The van der Waals surface area contributed by atoms with Crippen LogP contribution in [0, 0.1) is 0 Å². The Morgan fingerprint density at radius 1 is 1.12 bits per heavy atom. The van der Waals surface area contributed by atoms with Crippen molar-refractivity contribution in [2.45, 2.75) is 12.3 Å². The Hall–Kier alpha value is -3.15. The maximum absolute atomic E-state index is 12.3. The molecule has 0 saturated carbocycles. The van der Waals surface area contributed by atoms with Crippen LogP contribution in [-0.2, 0) is 4.79 Å². The number of anilines is 1. The summed E-state index contributed by atoms with van der Waals surface area (Å²) in [4.78, 5) is 18.6. The number of nitrogens with zero attached hydrogens (tertiary/aromatic N) is 3. The van der Waals surface area contributed by atoms with Gasteiger partial charge >= 0.3 is 0 Å². The minimum Gasteiger partial charge on any atom is -0.497 e. The number of carbonyl (C=O) groups excluding carboxylic acids is 1. The van der Waals surface area contributed by atoms with Crippen molar-refractivity contribution in [2.24, 2.45) is 0 Å². The molecule has 126 valence electrons. The van der Waals surface area contributed by atoms with E-state index in [2.05, 4.69) is 10.1 Å². The van der Waals surface area contributed by atoms with Gasteiger partial charge in [-0.25, -0.2) is 0 Å². The monoisotopic (exact) mass is 335 g/mol. The molecule has 1 saturated heterocycles. The van der Waals surface area contributed by atoms with E-state index >= 15 is 0 Å². The molecule has 0 unspecified atom stereocenters. The van der Waals surface area contributed by atoms with Crippen LogP contribution in [0.25, 0.3) is 11.5 Å². The Labute approximate surface area is 145 Å². The van der Waals surface area contributed by atoms with Crippen LogP contribution < -0.4 is 9.64 Å². The summed E-state index contributed by atoms with van der Waals surface area (Å²) in [7, 11) is 1.62. The number of hydrogen-bond donors (Lipinski definition) is 0. The largest absolute Gasteiger partial charge is 0.497 e. The minimum atomic E-state index is -0.0662. The third kappa shape index (κ3) is 2.98. The summed E-state index contributed by atoms with van der Waals surface area (Å²) < 4.78 is 10.5. The second-order valence-corrected chi connectivity index (χ2v) is 5.93. The normalized spacial score (nSPS) is 17.1. The molecular weight excluding hydrogens is 318 g/mol. The Morgan fingerprint density at radius 2 is 1.88 bits per heavy atom. The molecule has 1 fully saturated rings. The van der Waals surface area contributed by atoms with Crippen LogP contribution in [0.5, 0.6) is 5.75 Å². The molecule has 1 atom stereocenters. The van der Waals surface area contributed by atoms with Crippen molar-refractivity contribution >= 4 is 11.6 Å². The number of ether oxygens (including phenoxy) is 1. The summed E-state index contributed by atoms with van der Waals surface area (Å²) in [5.41, 5.74) is 1.72. The van der Waals surface area contributed by atoms with Crippen LogP contribution in [0.2, 0.25) is 0 Å². The lowest BCUT2D eigenvalue weighted by atomic mass is 10.1. The van der Waals surface area contributed by atoms with E-state index in [1.807, 2.05) is 54.6 Å². The van der Waals surface area contributed by atoms with E-state index < -0.39 is 0 Å². The van der Waals surface area contributed by atoms with Crippen molar-refractivity contribution < 1.29 is 14.1 Å². The van der Waals surface area contributed by atoms with E-state index in [0.717, 1.165) is 17.0 Å². The molecule has 4 rings (SSSR count). The summed E-state index contributed by atoms with van der Waals surface area (Å²) in [5, 5.41) is 4.08. The van der Waals surface area contributed by atoms with E-state index in [4.69, 9.17) is 9.26 Å². The Kier molecular flexibility index (Phi) is 3.93. The van der Waals surface area contributed by atoms with Crippen molar-refractivity contribution in [3.8, 4) is 17.2 Å². The minimum absolute atomic E-state index is 0.0662. The Bertz CT molecular complexity index is 874. The molecular formula is C19H17N3O3. The zero-order valence-electron chi connectivity index (χ0n) is 13.8. The van der Waals surface area contributed by atoms with Gasteiger partial charge in [-0.05, 0) is 36.4 Å². The number of hydrogen-bond acceptors (Lipinski definition) is 5. The molecule has 0 radical (unpaired) electrons. The van der Waals surface area contributed by atoms with E-state index in [-0.39, 0.29) is 11.8 Å². The molecule has 0 aliphatic carbocycles. The third-order valence-corrected chi connectivity index (χ3v) is 4.34. The van der Waals surface area contributed by atoms with Crippen LogP contribution in [0.1, 0.15) is 18.2 Å². The maximum Gasteiger partial charge on any atom is 0.257 e. The number of rotatable bonds is 4. The molecule has 2 aromatic carbocycles. The van der Waals surface area contributed by atoms with E-state index in [1.54, 1.807) is 12.0 Å². The predicted octanol–water partition coefficient (Wildman–Crippen LogP) is 3.27. The molecule has 1 amide bonds. The molecule has 0 spiro atoms. The summed E-state index contributed by atoms with van der Waals surface area (Å²) in [6, 6.07) is 17.1. The van der Waals surface area contributed by atoms with Gasteiger partial charge < -0.3 is 14.2 Å². The number of carbonyl (C=O) groups is 1. The zero-order valence-corrected chi connectivity index (χ0v) is 13.8. The van der Waals surface area contributed by atoms with Crippen molar-refractivity contribution in [1.82, 2.24) is 10.1 Å². The van der Waals surface area contributed by atoms with Crippen LogP contribution >= 0.6 is 0 Å². The summed E-state index contributed by atoms with van der Waals surface area (Å²) >= 11 is 0. The highest BCUT2D eigenvalue weighted by Gasteiger charge is 2.34. The second kappa shape index (κ2) is 6.39. The molecule has 1 aliphatic rings. The van der Waals surface area contributed by atoms with E-state index in [0.29, 0.717) is 24.7 Å². The fourth-order valence-electron chi connectivity index (χ4n) is 2.99. The SMILES string of the molecule is COc1ccc(-c2nc([C@@H]3CC(=O)N(c4ccccc4)C3)no2)cc1.